The minimum Gasteiger partial charge on any atom is -0.352 e. The Bertz CT molecular complexity index is 1060. The standard InChI is InChI=1S/C21H24N6O2S/c1-2-17-5-7-19(8-6-17)30(28,29)27-14-12-26(13-15-27)21-10-9-20(24-25-21)23-18-4-3-11-22-16-18/h3-11,16H,2,12-15H2,1H3,(H,23,24). The van der Waals surface area contributed by atoms with Crippen molar-refractivity contribution in [2.24, 2.45) is 0 Å². The highest BCUT2D eigenvalue weighted by atomic mass is 32.2. The highest BCUT2D eigenvalue weighted by molar-refractivity contribution is 7.89. The number of hydrogen-bond acceptors (Lipinski definition) is 7. The Morgan fingerprint density at radius 3 is 2.33 bits per heavy atom. The summed E-state index contributed by atoms with van der Waals surface area (Å²) in [6.45, 7) is 4.00. The van der Waals surface area contributed by atoms with E-state index in [0.717, 1.165) is 23.5 Å². The summed E-state index contributed by atoms with van der Waals surface area (Å²) < 4.78 is 27.4. The molecular weight excluding hydrogens is 400 g/mol. The van der Waals surface area contributed by atoms with Crippen LogP contribution in [0.2, 0.25) is 0 Å². The first-order valence-corrected chi connectivity index (χ1v) is 11.3. The molecule has 9 heteroatoms. The van der Waals surface area contributed by atoms with Gasteiger partial charge in [0.05, 0.1) is 16.8 Å². The molecule has 1 aromatic carbocycles. The van der Waals surface area contributed by atoms with E-state index in [1.165, 1.54) is 4.31 Å². The van der Waals surface area contributed by atoms with Crippen molar-refractivity contribution < 1.29 is 8.42 Å². The quantitative estimate of drug-likeness (QED) is 0.650. The summed E-state index contributed by atoms with van der Waals surface area (Å²) >= 11 is 0. The molecule has 0 aliphatic carbocycles. The number of sulfonamides is 1. The molecule has 30 heavy (non-hydrogen) atoms. The molecule has 0 amide bonds. The number of pyridine rings is 1. The number of aryl methyl sites for hydroxylation is 1. The fourth-order valence-corrected chi connectivity index (χ4v) is 4.77. The van der Waals surface area contributed by atoms with Crippen LogP contribution in [0.5, 0.6) is 0 Å². The van der Waals surface area contributed by atoms with Crippen LogP contribution in [-0.2, 0) is 16.4 Å². The van der Waals surface area contributed by atoms with Crippen LogP contribution in [-0.4, -0.2) is 54.1 Å². The Kier molecular flexibility index (Phi) is 5.91. The van der Waals surface area contributed by atoms with Crippen LogP contribution in [0.15, 0.2) is 65.8 Å². The van der Waals surface area contributed by atoms with E-state index in [-0.39, 0.29) is 0 Å². The maximum absolute atomic E-state index is 12.9. The minimum absolute atomic E-state index is 0.346. The van der Waals surface area contributed by atoms with Crippen molar-refractivity contribution in [2.45, 2.75) is 18.2 Å². The molecule has 3 aromatic rings. The predicted octanol–water partition coefficient (Wildman–Crippen LogP) is 2.69. The largest absolute Gasteiger partial charge is 0.352 e. The fourth-order valence-electron chi connectivity index (χ4n) is 3.35. The van der Waals surface area contributed by atoms with E-state index in [9.17, 15) is 8.42 Å². The van der Waals surface area contributed by atoms with Crippen molar-refractivity contribution in [2.75, 3.05) is 36.4 Å². The Morgan fingerprint density at radius 1 is 0.967 bits per heavy atom. The number of anilines is 3. The van der Waals surface area contributed by atoms with Gasteiger partial charge in [-0.05, 0) is 48.4 Å². The molecule has 2 aromatic heterocycles. The molecule has 1 saturated heterocycles. The Labute approximate surface area is 176 Å². The van der Waals surface area contributed by atoms with Crippen molar-refractivity contribution in [3.05, 3.63) is 66.5 Å². The molecular formula is C21H24N6O2S. The van der Waals surface area contributed by atoms with Gasteiger partial charge in [0, 0.05) is 32.4 Å². The third kappa shape index (κ3) is 4.42. The van der Waals surface area contributed by atoms with Crippen molar-refractivity contribution in [3.8, 4) is 0 Å². The van der Waals surface area contributed by atoms with Gasteiger partial charge < -0.3 is 10.2 Å². The molecule has 3 heterocycles. The number of nitrogens with one attached hydrogen (secondary N) is 1. The van der Waals surface area contributed by atoms with Crippen LogP contribution in [0.3, 0.4) is 0 Å². The van der Waals surface area contributed by atoms with Crippen LogP contribution in [0.1, 0.15) is 12.5 Å². The van der Waals surface area contributed by atoms with Crippen LogP contribution in [0.4, 0.5) is 17.3 Å². The smallest absolute Gasteiger partial charge is 0.243 e. The lowest BCUT2D eigenvalue weighted by Crippen LogP contribution is -2.49. The summed E-state index contributed by atoms with van der Waals surface area (Å²) in [5, 5.41) is 11.7. The van der Waals surface area contributed by atoms with Gasteiger partial charge >= 0.3 is 0 Å². The molecule has 1 fully saturated rings. The molecule has 0 saturated carbocycles. The molecule has 1 aliphatic rings. The van der Waals surface area contributed by atoms with Gasteiger partial charge in [-0.15, -0.1) is 10.2 Å². The first-order valence-electron chi connectivity index (χ1n) is 9.91. The van der Waals surface area contributed by atoms with Gasteiger partial charge in [0.1, 0.15) is 0 Å². The number of benzene rings is 1. The lowest BCUT2D eigenvalue weighted by atomic mass is 10.2. The lowest BCUT2D eigenvalue weighted by molar-refractivity contribution is 0.383. The van der Waals surface area contributed by atoms with Gasteiger partial charge in [-0.25, -0.2) is 8.42 Å². The predicted molar refractivity (Wildman–Crippen MR) is 116 cm³/mol. The zero-order valence-electron chi connectivity index (χ0n) is 16.8. The molecule has 1 N–H and O–H groups in total. The third-order valence-corrected chi connectivity index (χ3v) is 7.03. The monoisotopic (exact) mass is 424 g/mol. The molecule has 1 aliphatic heterocycles. The highest BCUT2D eigenvalue weighted by Gasteiger charge is 2.29. The summed E-state index contributed by atoms with van der Waals surface area (Å²) in [7, 11) is -3.48. The van der Waals surface area contributed by atoms with Gasteiger partial charge in [-0.2, -0.15) is 4.31 Å². The highest BCUT2D eigenvalue weighted by Crippen LogP contribution is 2.21. The molecule has 0 unspecified atom stereocenters. The summed E-state index contributed by atoms with van der Waals surface area (Å²) in [6.07, 6.45) is 4.31. The van der Waals surface area contributed by atoms with Crippen LogP contribution in [0.25, 0.3) is 0 Å². The lowest BCUT2D eigenvalue weighted by Gasteiger charge is -2.34. The van der Waals surface area contributed by atoms with Crippen LogP contribution in [0, 0.1) is 0 Å². The molecule has 156 valence electrons. The SMILES string of the molecule is CCc1ccc(S(=O)(=O)N2CCN(c3ccc(Nc4cccnc4)nn3)CC2)cc1. The molecule has 4 rings (SSSR count). The van der Waals surface area contributed by atoms with Crippen molar-refractivity contribution in [3.63, 3.8) is 0 Å². The molecule has 0 bridgehead atoms. The zero-order valence-corrected chi connectivity index (χ0v) is 17.6. The van der Waals surface area contributed by atoms with E-state index < -0.39 is 10.0 Å². The maximum atomic E-state index is 12.9. The van der Waals surface area contributed by atoms with E-state index in [4.69, 9.17) is 0 Å². The first-order chi connectivity index (χ1) is 14.6. The Balaban J connectivity index is 1.38. The minimum atomic E-state index is -3.48. The van der Waals surface area contributed by atoms with E-state index in [2.05, 4.69) is 20.5 Å². The maximum Gasteiger partial charge on any atom is 0.243 e. The normalized spacial score (nSPS) is 15.2. The number of piperazine rings is 1. The van der Waals surface area contributed by atoms with E-state index >= 15 is 0 Å². The second kappa shape index (κ2) is 8.76. The Hall–Kier alpha value is -3.04. The second-order valence-corrected chi connectivity index (χ2v) is 8.97. The van der Waals surface area contributed by atoms with E-state index in [1.54, 1.807) is 24.5 Å². The van der Waals surface area contributed by atoms with Crippen molar-refractivity contribution in [1.82, 2.24) is 19.5 Å². The van der Waals surface area contributed by atoms with Crippen LogP contribution >= 0.6 is 0 Å². The van der Waals surface area contributed by atoms with Gasteiger partial charge in [-0.1, -0.05) is 19.1 Å². The van der Waals surface area contributed by atoms with E-state index in [1.807, 2.05) is 48.2 Å². The molecule has 8 nitrogen and oxygen atoms in total. The van der Waals surface area contributed by atoms with Gasteiger partial charge in [0.2, 0.25) is 10.0 Å². The Morgan fingerprint density at radius 2 is 1.73 bits per heavy atom. The number of hydrogen-bond donors (Lipinski definition) is 1. The van der Waals surface area contributed by atoms with E-state index in [0.29, 0.717) is 36.9 Å². The van der Waals surface area contributed by atoms with Gasteiger partial charge in [-0.3, -0.25) is 4.98 Å². The number of aromatic nitrogens is 3. The van der Waals surface area contributed by atoms with Gasteiger partial charge in [0.25, 0.3) is 0 Å². The third-order valence-electron chi connectivity index (χ3n) is 5.12. The zero-order chi connectivity index (χ0) is 21.0. The number of nitrogens with zero attached hydrogens (tertiary/aromatic N) is 5. The van der Waals surface area contributed by atoms with Crippen molar-refractivity contribution >= 4 is 27.3 Å². The molecule has 0 radical (unpaired) electrons. The number of rotatable bonds is 6. The van der Waals surface area contributed by atoms with Gasteiger partial charge in [0.15, 0.2) is 11.6 Å². The second-order valence-electron chi connectivity index (χ2n) is 7.03. The van der Waals surface area contributed by atoms with Crippen LogP contribution < -0.4 is 10.2 Å². The van der Waals surface area contributed by atoms with Crippen molar-refractivity contribution in [1.29, 1.82) is 0 Å². The fraction of sp³-hybridized carbons (Fsp3) is 0.286. The average Bonchev–Trinajstić information content (AvgIpc) is 2.80. The molecule has 0 spiro atoms. The summed E-state index contributed by atoms with van der Waals surface area (Å²) in [5.41, 5.74) is 1.96. The summed E-state index contributed by atoms with van der Waals surface area (Å²) in [5.74, 6) is 1.36. The summed E-state index contributed by atoms with van der Waals surface area (Å²) in [4.78, 5) is 6.45. The first kappa shape index (κ1) is 20.2. The average molecular weight is 425 g/mol. The summed E-state index contributed by atoms with van der Waals surface area (Å²) in [6, 6.07) is 14.6. The topological polar surface area (TPSA) is 91.3 Å². The molecule has 0 atom stereocenters.